The van der Waals surface area contributed by atoms with Crippen LogP contribution in [0.4, 0.5) is 0 Å². The molecule has 0 unspecified atom stereocenters. The van der Waals surface area contributed by atoms with Crippen molar-refractivity contribution < 1.29 is 114 Å². The quantitative estimate of drug-likeness (QED) is 0.265. The standard InChI is InChI=1S/Ag.Cr.K.HNO3.4O/c;;;2-1(3)4;;;;/h;;;(H,2,3,4);;;;/q+1;;+1;;;;2*-1. The second-order valence-corrected chi connectivity index (χ2v) is 1.92. The average molecular weight is 326 g/mol. The van der Waals surface area contributed by atoms with Gasteiger partial charge in [-0.25, -0.2) is 0 Å². The third-order valence-corrected chi connectivity index (χ3v) is 0. The summed E-state index contributed by atoms with van der Waals surface area (Å²) in [7, 11) is 0. The van der Waals surface area contributed by atoms with Gasteiger partial charge in [0, 0.05) is 0 Å². The summed E-state index contributed by atoms with van der Waals surface area (Å²) in [5.41, 5.74) is 0. The molecular formula is HAgCrKNO7. The van der Waals surface area contributed by atoms with Gasteiger partial charge in [-0.15, -0.1) is 10.1 Å². The minimum atomic E-state index is -5.75. The van der Waals surface area contributed by atoms with E-state index >= 15 is 0 Å². The maximum atomic E-state index is 8.59. The van der Waals surface area contributed by atoms with Gasteiger partial charge in [-0.3, -0.25) is 0 Å². The van der Waals surface area contributed by atoms with Gasteiger partial charge in [0.05, 0.1) is 0 Å². The van der Waals surface area contributed by atoms with Crippen LogP contribution in [0, 0.1) is 10.1 Å². The summed E-state index contributed by atoms with van der Waals surface area (Å²) in [5, 5.41) is 13.6. The zero-order valence-corrected chi connectivity index (χ0v) is 10.9. The summed E-state index contributed by atoms with van der Waals surface area (Å²) in [4.78, 5) is 8.36. The Morgan fingerprint density at radius 1 is 1.27 bits per heavy atom. The van der Waals surface area contributed by atoms with E-state index in [0.717, 1.165) is 0 Å². The van der Waals surface area contributed by atoms with Crippen LogP contribution in [0.3, 0.4) is 0 Å². The molecule has 0 amide bonds. The molecule has 0 aliphatic carbocycles. The van der Waals surface area contributed by atoms with Crippen molar-refractivity contribution in [3.05, 3.63) is 10.1 Å². The fourth-order valence-electron chi connectivity index (χ4n) is 0. The monoisotopic (exact) mass is 325 g/mol. The number of hydrogen-bond donors (Lipinski definition) is 1. The van der Waals surface area contributed by atoms with Gasteiger partial charge in [0.25, 0.3) is 5.09 Å². The molecule has 66 valence electrons. The van der Waals surface area contributed by atoms with E-state index in [1.165, 1.54) is 0 Å². The van der Waals surface area contributed by atoms with Gasteiger partial charge < -0.3 is 5.21 Å². The van der Waals surface area contributed by atoms with Gasteiger partial charge in [0.1, 0.15) is 0 Å². The molecule has 0 atom stereocenters. The van der Waals surface area contributed by atoms with E-state index in [9.17, 15) is 0 Å². The van der Waals surface area contributed by atoms with Crippen LogP contribution in [-0.4, -0.2) is 10.3 Å². The third-order valence-electron chi connectivity index (χ3n) is 0. The first-order chi connectivity index (χ1) is 3.73. The first-order valence-corrected chi connectivity index (χ1v) is 3.31. The Kier molecular flexibility index (Phi) is 24.2. The molecule has 0 aromatic rings. The molecule has 0 aliphatic rings. The molecule has 0 aliphatic heterocycles. The zero-order valence-electron chi connectivity index (χ0n) is 5.05. The molecule has 0 aromatic carbocycles. The topological polar surface area (TPSA) is 144 Å². The molecule has 11 heteroatoms. The Morgan fingerprint density at radius 3 is 1.27 bits per heavy atom. The molecule has 0 aromatic heterocycles. The van der Waals surface area contributed by atoms with Crippen molar-refractivity contribution in [2.24, 2.45) is 0 Å². The normalized spacial score (nSPS) is 7.45. The zero-order chi connectivity index (χ0) is 8.08. The van der Waals surface area contributed by atoms with Gasteiger partial charge in [0.2, 0.25) is 0 Å². The molecule has 0 heterocycles. The Balaban J connectivity index is -0.0000000383. The fourth-order valence-corrected chi connectivity index (χ4v) is 0. The van der Waals surface area contributed by atoms with E-state index in [-0.39, 0.29) is 73.8 Å². The number of hydrogen-bond acceptors (Lipinski definition) is 6. The van der Waals surface area contributed by atoms with Crippen LogP contribution in [0.15, 0.2) is 0 Å². The predicted octanol–water partition coefficient (Wildman–Crippen LogP) is -5.96. The molecule has 1 N–H and O–H groups in total. The Hall–Kier alpha value is 1.63. The van der Waals surface area contributed by atoms with Crippen molar-refractivity contribution in [3.63, 3.8) is 0 Å². The SMILES string of the molecule is O=[N+]([O-])O.[Ag+].[K+].[O]=[Cr](=[O])([O-])[O-]. The first kappa shape index (κ1) is 22.9. The van der Waals surface area contributed by atoms with Gasteiger partial charge in [-0.05, 0) is 0 Å². The molecule has 8 nitrogen and oxygen atoms in total. The second-order valence-electron chi connectivity index (χ2n) is 0.646. The van der Waals surface area contributed by atoms with Crippen molar-refractivity contribution in [3.8, 4) is 0 Å². The fraction of sp³-hybridized carbons (Fsp3) is 0. The second kappa shape index (κ2) is 11.6. The first-order valence-electron chi connectivity index (χ1n) is 1.23. The van der Waals surface area contributed by atoms with E-state index in [2.05, 4.69) is 0 Å². The van der Waals surface area contributed by atoms with Crippen molar-refractivity contribution in [2.75, 3.05) is 0 Å². The van der Waals surface area contributed by atoms with E-state index in [0.29, 0.717) is 0 Å². The van der Waals surface area contributed by atoms with Crippen LogP contribution in [-0.2, 0) is 43.6 Å². The van der Waals surface area contributed by atoms with Gasteiger partial charge in [0.15, 0.2) is 0 Å². The predicted molar refractivity (Wildman–Crippen MR) is 10.2 cm³/mol. The molecule has 11 heavy (non-hydrogen) atoms. The Labute approximate surface area is 121 Å². The summed E-state index contributed by atoms with van der Waals surface area (Å²) >= 11 is -5.75. The number of nitrogens with zero attached hydrogens (tertiary/aromatic N) is 1. The summed E-state index contributed by atoms with van der Waals surface area (Å²) in [6.45, 7) is 0. The van der Waals surface area contributed by atoms with Crippen LogP contribution in [0.5, 0.6) is 0 Å². The van der Waals surface area contributed by atoms with Crippen LogP contribution in [0.1, 0.15) is 0 Å². The molecule has 0 saturated carbocycles. The summed E-state index contributed by atoms with van der Waals surface area (Å²) in [5.74, 6) is 0. The van der Waals surface area contributed by atoms with E-state index < -0.39 is 18.7 Å². The average Bonchev–Trinajstić information content (AvgIpc) is 1.19. The van der Waals surface area contributed by atoms with Crippen LogP contribution >= 0.6 is 0 Å². The van der Waals surface area contributed by atoms with Crippen LogP contribution in [0.2, 0.25) is 0 Å². The number of rotatable bonds is 0. The summed E-state index contributed by atoms with van der Waals surface area (Å²) in [6, 6.07) is 0. The van der Waals surface area contributed by atoms with Crippen molar-refractivity contribution >= 4 is 0 Å². The van der Waals surface area contributed by atoms with Gasteiger partial charge in [-0.2, -0.15) is 0 Å². The van der Waals surface area contributed by atoms with Crippen molar-refractivity contribution in [1.82, 2.24) is 0 Å². The van der Waals surface area contributed by atoms with Gasteiger partial charge in [-0.1, -0.05) is 0 Å². The Morgan fingerprint density at radius 2 is 1.27 bits per heavy atom. The summed E-state index contributed by atoms with van der Waals surface area (Å²) in [6.07, 6.45) is 0. The van der Waals surface area contributed by atoms with Crippen molar-refractivity contribution in [2.45, 2.75) is 0 Å². The Bertz CT molecular complexity index is 161. The molecule has 0 rings (SSSR count). The van der Waals surface area contributed by atoms with Gasteiger partial charge >= 0.3 is 103 Å². The third kappa shape index (κ3) is 406. The molecular weight excluding hydrogens is 325 g/mol. The molecule has 0 radical (unpaired) electrons. The molecule has 0 fully saturated rings. The van der Waals surface area contributed by atoms with Crippen molar-refractivity contribution in [1.29, 1.82) is 0 Å². The molecule has 0 saturated heterocycles. The molecule has 0 bridgehead atoms. The van der Waals surface area contributed by atoms with Crippen LogP contribution < -0.4 is 59.7 Å². The maximum absolute atomic E-state index is 8.59. The summed E-state index contributed by atoms with van der Waals surface area (Å²) < 4.78 is 34.4. The molecule has 0 spiro atoms. The van der Waals surface area contributed by atoms with E-state index in [4.69, 9.17) is 31.2 Å². The minimum absolute atomic E-state index is 0. The van der Waals surface area contributed by atoms with E-state index in [1.54, 1.807) is 0 Å². The van der Waals surface area contributed by atoms with E-state index in [1.807, 2.05) is 0 Å². The van der Waals surface area contributed by atoms with Crippen LogP contribution in [0.25, 0.3) is 0 Å².